The molecular weight excluding hydrogens is 439 g/mol. The summed E-state index contributed by atoms with van der Waals surface area (Å²) in [5.41, 5.74) is 2.85. The van der Waals surface area contributed by atoms with Crippen molar-refractivity contribution in [3.63, 3.8) is 0 Å². The average Bonchev–Trinajstić information content (AvgIpc) is 2.82. The molecule has 1 fully saturated rings. The van der Waals surface area contributed by atoms with Gasteiger partial charge in [0.1, 0.15) is 0 Å². The Kier molecular flexibility index (Phi) is 5.50. The van der Waals surface area contributed by atoms with Crippen molar-refractivity contribution in [1.82, 2.24) is 5.32 Å². The van der Waals surface area contributed by atoms with E-state index in [4.69, 9.17) is 0 Å². The van der Waals surface area contributed by atoms with Crippen LogP contribution in [-0.2, 0) is 6.42 Å². The number of fused-ring (bicyclic) bond motifs is 1. The molecular formula is C14H20AcN2O. The molecule has 0 bridgehead atoms. The molecule has 1 saturated heterocycles. The first-order chi connectivity index (χ1) is 8.40. The third-order valence-corrected chi connectivity index (χ3v) is 4.13. The summed E-state index contributed by atoms with van der Waals surface area (Å²) in [5, 5.41) is 12.9. The minimum Gasteiger partial charge on any atom is -0.396 e. The van der Waals surface area contributed by atoms with Gasteiger partial charge in [0.05, 0.1) is 0 Å². The van der Waals surface area contributed by atoms with E-state index in [2.05, 4.69) is 34.5 Å². The number of piperidine rings is 1. The summed E-state index contributed by atoms with van der Waals surface area (Å²) in [6, 6.07) is 9.19. The minimum absolute atomic E-state index is 0. The predicted molar refractivity (Wildman–Crippen MR) is 69.3 cm³/mol. The first-order valence-electron chi connectivity index (χ1n) is 6.56. The van der Waals surface area contributed by atoms with Crippen molar-refractivity contribution in [2.75, 3.05) is 31.1 Å². The number of para-hydroxylation sites is 1. The molecule has 2 aliphatic rings. The van der Waals surface area contributed by atoms with Crippen LogP contribution in [0, 0.1) is 50.0 Å². The maximum absolute atomic E-state index is 9.50. The van der Waals surface area contributed by atoms with Gasteiger partial charge in [0.25, 0.3) is 0 Å². The number of hydrogen-bond donors (Lipinski definition) is 2. The van der Waals surface area contributed by atoms with Gasteiger partial charge in [0, 0.05) is 81.4 Å². The van der Waals surface area contributed by atoms with Gasteiger partial charge in [-0.1, -0.05) is 18.2 Å². The van der Waals surface area contributed by atoms with E-state index in [1.165, 1.54) is 11.3 Å². The average molecular weight is 459 g/mol. The second kappa shape index (κ2) is 6.70. The van der Waals surface area contributed by atoms with Crippen molar-refractivity contribution in [2.45, 2.75) is 18.9 Å². The van der Waals surface area contributed by atoms with E-state index in [0.717, 1.165) is 32.5 Å². The van der Waals surface area contributed by atoms with E-state index >= 15 is 0 Å². The first kappa shape index (κ1) is 14.8. The third-order valence-electron chi connectivity index (χ3n) is 4.13. The van der Waals surface area contributed by atoms with Crippen molar-refractivity contribution in [3.8, 4) is 0 Å². The standard InChI is InChI=1S/C14H20N2O.Ac/c17-10-12-9-15-7-5-14(12)16-8-6-11-3-1-2-4-13(11)16;/h1-4,12,14-15,17H,5-10H2;/t12-,14?;/m0./s1. The van der Waals surface area contributed by atoms with E-state index in [1.807, 2.05) is 0 Å². The molecule has 3 nitrogen and oxygen atoms in total. The van der Waals surface area contributed by atoms with E-state index in [0.29, 0.717) is 12.0 Å². The number of hydrogen-bond acceptors (Lipinski definition) is 3. The monoisotopic (exact) mass is 459 g/mol. The molecule has 1 radical (unpaired) electrons. The summed E-state index contributed by atoms with van der Waals surface area (Å²) < 4.78 is 0. The number of rotatable bonds is 2. The topological polar surface area (TPSA) is 35.5 Å². The molecule has 1 aromatic rings. The van der Waals surface area contributed by atoms with Crippen LogP contribution < -0.4 is 10.2 Å². The Morgan fingerprint density at radius 2 is 2.17 bits per heavy atom. The summed E-state index contributed by atoms with van der Waals surface area (Å²) in [6.45, 7) is 3.41. The van der Waals surface area contributed by atoms with Gasteiger partial charge in [-0.05, 0) is 31.0 Å². The zero-order valence-corrected chi connectivity index (χ0v) is 15.4. The predicted octanol–water partition coefficient (Wildman–Crippen LogP) is 1.02. The van der Waals surface area contributed by atoms with E-state index in [1.54, 1.807) is 0 Å². The fourth-order valence-electron chi connectivity index (χ4n) is 3.21. The van der Waals surface area contributed by atoms with Gasteiger partial charge in [-0.15, -0.1) is 0 Å². The molecule has 1 unspecified atom stereocenters. The molecule has 0 aromatic heterocycles. The largest absolute Gasteiger partial charge is 0.396 e. The molecule has 2 atom stereocenters. The number of anilines is 1. The molecule has 95 valence electrons. The Bertz CT molecular complexity index is 399. The maximum atomic E-state index is 9.50. The smallest absolute Gasteiger partial charge is 0.0491 e. The van der Waals surface area contributed by atoms with Gasteiger partial charge < -0.3 is 15.3 Å². The molecule has 0 amide bonds. The molecule has 0 aliphatic carbocycles. The van der Waals surface area contributed by atoms with Gasteiger partial charge in [-0.25, -0.2) is 0 Å². The fourth-order valence-corrected chi connectivity index (χ4v) is 3.21. The molecule has 0 spiro atoms. The summed E-state index contributed by atoms with van der Waals surface area (Å²) in [4.78, 5) is 2.51. The van der Waals surface area contributed by atoms with Crippen LogP contribution >= 0.6 is 0 Å². The number of aliphatic hydroxyl groups is 1. The van der Waals surface area contributed by atoms with Gasteiger partial charge in [0.2, 0.25) is 0 Å². The minimum atomic E-state index is 0. The molecule has 3 rings (SSSR count). The summed E-state index contributed by atoms with van der Waals surface area (Å²) in [7, 11) is 0. The second-order valence-corrected chi connectivity index (χ2v) is 5.07. The molecule has 4 heteroatoms. The summed E-state index contributed by atoms with van der Waals surface area (Å²) in [6.07, 6.45) is 2.29. The zero-order chi connectivity index (χ0) is 11.7. The van der Waals surface area contributed by atoms with Gasteiger partial charge >= 0.3 is 0 Å². The van der Waals surface area contributed by atoms with E-state index in [-0.39, 0.29) is 50.7 Å². The normalized spacial score (nSPS) is 26.6. The van der Waals surface area contributed by atoms with Crippen LogP contribution in [-0.4, -0.2) is 37.4 Å². The Hall–Kier alpha value is 0.382. The van der Waals surface area contributed by atoms with Crippen molar-refractivity contribution in [1.29, 1.82) is 0 Å². The molecule has 2 aliphatic heterocycles. The van der Waals surface area contributed by atoms with Crippen molar-refractivity contribution < 1.29 is 49.2 Å². The van der Waals surface area contributed by atoms with Crippen LogP contribution in [0.1, 0.15) is 12.0 Å². The van der Waals surface area contributed by atoms with Crippen LogP contribution in [0.15, 0.2) is 24.3 Å². The molecule has 1 aromatic carbocycles. The van der Waals surface area contributed by atoms with Crippen molar-refractivity contribution in [2.24, 2.45) is 5.92 Å². The van der Waals surface area contributed by atoms with E-state index < -0.39 is 0 Å². The summed E-state index contributed by atoms with van der Waals surface area (Å²) >= 11 is 0. The maximum Gasteiger partial charge on any atom is 0.0491 e. The Morgan fingerprint density at radius 3 is 3.00 bits per heavy atom. The Morgan fingerprint density at radius 1 is 1.33 bits per heavy atom. The third kappa shape index (κ3) is 2.77. The quantitative estimate of drug-likeness (QED) is 0.694. The van der Waals surface area contributed by atoms with Crippen LogP contribution in [0.2, 0.25) is 0 Å². The van der Waals surface area contributed by atoms with Crippen LogP contribution in [0.3, 0.4) is 0 Å². The van der Waals surface area contributed by atoms with Gasteiger partial charge in [0.15, 0.2) is 0 Å². The molecule has 2 N–H and O–H groups in total. The zero-order valence-electron chi connectivity index (χ0n) is 10.7. The van der Waals surface area contributed by atoms with Crippen molar-refractivity contribution in [3.05, 3.63) is 29.8 Å². The SMILES string of the molecule is OC[C@@H]1CNCCC1N1CCc2ccccc21.[Ac]. The van der Waals surface area contributed by atoms with Gasteiger partial charge in [-0.3, -0.25) is 0 Å². The second-order valence-electron chi connectivity index (χ2n) is 5.07. The first-order valence-corrected chi connectivity index (χ1v) is 6.56. The Balaban J connectivity index is 0.00000120. The molecule has 18 heavy (non-hydrogen) atoms. The summed E-state index contributed by atoms with van der Waals surface area (Å²) in [5.74, 6) is 0.370. The molecule has 0 saturated carbocycles. The van der Waals surface area contributed by atoms with Crippen LogP contribution in [0.4, 0.5) is 5.69 Å². The van der Waals surface area contributed by atoms with Gasteiger partial charge in [-0.2, -0.15) is 0 Å². The molecule has 2 heterocycles. The fraction of sp³-hybridized carbons (Fsp3) is 0.571. The number of nitrogens with one attached hydrogen (secondary N) is 1. The van der Waals surface area contributed by atoms with Crippen LogP contribution in [0.25, 0.3) is 0 Å². The van der Waals surface area contributed by atoms with Crippen LogP contribution in [0.5, 0.6) is 0 Å². The number of nitrogens with zero attached hydrogens (tertiary/aromatic N) is 1. The van der Waals surface area contributed by atoms with E-state index in [9.17, 15) is 5.11 Å². The Labute approximate surface area is 144 Å². The number of benzene rings is 1. The number of aliphatic hydroxyl groups excluding tert-OH is 1. The van der Waals surface area contributed by atoms with Crippen molar-refractivity contribution >= 4 is 5.69 Å².